The standard InChI is InChI=1S/C22H21N5O5/c1-13-10-16(27(31)32)12-18(19(13)22(29)30)17-6-3-7-23-20(17)21(28)14-4-2-5-15(11-14)26-24-8-9-25-26/h2,4-5,8-12,17,20,23H,3,6-7H2,1H3,(H,29,30)/t17-,20?/m1/s1. The predicted octanol–water partition coefficient (Wildman–Crippen LogP) is 2.90. The molecule has 4 rings (SSSR count). The van der Waals surface area contributed by atoms with Crippen LogP contribution in [0.5, 0.6) is 0 Å². The summed E-state index contributed by atoms with van der Waals surface area (Å²) in [7, 11) is 0. The highest BCUT2D eigenvalue weighted by Crippen LogP contribution is 2.36. The van der Waals surface area contributed by atoms with Crippen LogP contribution in [-0.4, -0.2) is 49.4 Å². The van der Waals surface area contributed by atoms with E-state index in [0.29, 0.717) is 41.8 Å². The second kappa shape index (κ2) is 8.67. The number of Topliss-reactive ketones (excluding diaryl/α,β-unsaturated/α-hetero) is 1. The van der Waals surface area contributed by atoms with Gasteiger partial charge in [-0.15, -0.1) is 0 Å². The van der Waals surface area contributed by atoms with Crippen molar-refractivity contribution >= 4 is 17.4 Å². The van der Waals surface area contributed by atoms with Crippen molar-refractivity contribution < 1.29 is 19.6 Å². The summed E-state index contributed by atoms with van der Waals surface area (Å²) in [6.45, 7) is 2.12. The Bertz CT molecular complexity index is 1190. The molecule has 1 saturated heterocycles. The molecule has 0 bridgehead atoms. The highest BCUT2D eigenvalue weighted by atomic mass is 16.6. The minimum absolute atomic E-state index is 0.0107. The van der Waals surface area contributed by atoms with Gasteiger partial charge in [0.2, 0.25) is 0 Å². The van der Waals surface area contributed by atoms with Crippen LogP contribution >= 0.6 is 0 Å². The van der Waals surface area contributed by atoms with Gasteiger partial charge in [0.05, 0.1) is 34.6 Å². The SMILES string of the molecule is Cc1cc([N+](=O)[O-])cc([C@H]2CCCNC2C(=O)c2cccc(-n3nccn3)c2)c1C(=O)O. The number of nitro groups is 1. The number of benzene rings is 2. The van der Waals surface area contributed by atoms with Crippen LogP contribution in [0.15, 0.2) is 48.8 Å². The fourth-order valence-electron chi connectivity index (χ4n) is 4.30. The molecule has 1 unspecified atom stereocenters. The van der Waals surface area contributed by atoms with Crippen LogP contribution in [0.4, 0.5) is 5.69 Å². The van der Waals surface area contributed by atoms with Gasteiger partial charge < -0.3 is 10.4 Å². The number of nitrogens with one attached hydrogen (secondary N) is 1. The maximum absolute atomic E-state index is 13.5. The third kappa shape index (κ3) is 4.00. The second-order valence-electron chi connectivity index (χ2n) is 7.70. The monoisotopic (exact) mass is 435 g/mol. The topological polar surface area (TPSA) is 140 Å². The van der Waals surface area contributed by atoms with Crippen molar-refractivity contribution in [1.29, 1.82) is 0 Å². The molecule has 2 N–H and O–H groups in total. The van der Waals surface area contributed by atoms with Gasteiger partial charge in [-0.25, -0.2) is 4.79 Å². The zero-order valence-corrected chi connectivity index (χ0v) is 17.3. The van der Waals surface area contributed by atoms with Crippen LogP contribution in [0.1, 0.15) is 50.6 Å². The molecule has 1 aliphatic rings. The summed E-state index contributed by atoms with van der Waals surface area (Å²) in [6.07, 6.45) is 4.31. The van der Waals surface area contributed by atoms with Gasteiger partial charge in [-0.3, -0.25) is 14.9 Å². The van der Waals surface area contributed by atoms with E-state index in [9.17, 15) is 24.8 Å². The first-order chi connectivity index (χ1) is 15.4. The fourth-order valence-corrected chi connectivity index (χ4v) is 4.30. The van der Waals surface area contributed by atoms with E-state index in [2.05, 4.69) is 15.5 Å². The highest BCUT2D eigenvalue weighted by molar-refractivity contribution is 6.02. The Labute approximate surface area is 183 Å². The van der Waals surface area contributed by atoms with Crippen LogP contribution in [0.3, 0.4) is 0 Å². The number of carbonyl (C=O) groups excluding carboxylic acids is 1. The molecule has 0 radical (unpaired) electrons. The lowest BCUT2D eigenvalue weighted by atomic mass is 9.78. The van der Waals surface area contributed by atoms with E-state index in [0.717, 1.165) is 0 Å². The third-order valence-corrected chi connectivity index (χ3v) is 5.70. The normalized spacial score (nSPS) is 18.3. The number of aromatic nitrogens is 3. The first kappa shape index (κ1) is 21.3. The van der Waals surface area contributed by atoms with Crippen molar-refractivity contribution in [3.63, 3.8) is 0 Å². The number of hydrogen-bond acceptors (Lipinski definition) is 7. The van der Waals surface area contributed by atoms with Gasteiger partial charge in [0.1, 0.15) is 0 Å². The maximum Gasteiger partial charge on any atom is 0.336 e. The Morgan fingerprint density at radius 1 is 1.22 bits per heavy atom. The molecule has 1 fully saturated rings. The van der Waals surface area contributed by atoms with E-state index in [4.69, 9.17) is 0 Å². The molecule has 0 amide bonds. The molecule has 10 heteroatoms. The van der Waals surface area contributed by atoms with Gasteiger partial charge in [-0.1, -0.05) is 12.1 Å². The van der Waals surface area contributed by atoms with E-state index in [-0.39, 0.29) is 17.0 Å². The van der Waals surface area contributed by atoms with Crippen LogP contribution in [-0.2, 0) is 0 Å². The van der Waals surface area contributed by atoms with Crippen molar-refractivity contribution in [3.8, 4) is 5.69 Å². The molecule has 1 aromatic heterocycles. The van der Waals surface area contributed by atoms with E-state index in [1.165, 1.54) is 36.2 Å². The van der Waals surface area contributed by atoms with E-state index in [1.54, 1.807) is 24.3 Å². The van der Waals surface area contributed by atoms with Crippen molar-refractivity contribution in [2.75, 3.05) is 6.54 Å². The molecule has 2 aromatic carbocycles. The number of carboxylic acid groups (broad SMARTS) is 1. The van der Waals surface area contributed by atoms with Gasteiger partial charge >= 0.3 is 5.97 Å². The molecular weight excluding hydrogens is 414 g/mol. The lowest BCUT2D eigenvalue weighted by Gasteiger charge is -2.33. The van der Waals surface area contributed by atoms with Crippen molar-refractivity contribution in [1.82, 2.24) is 20.3 Å². The van der Waals surface area contributed by atoms with E-state index in [1.807, 2.05) is 0 Å². The molecular formula is C22H21N5O5. The number of non-ortho nitro benzene ring substituents is 1. The van der Waals surface area contributed by atoms with Crippen LogP contribution in [0.25, 0.3) is 5.69 Å². The molecule has 2 heterocycles. The summed E-state index contributed by atoms with van der Waals surface area (Å²) in [5.74, 6) is -1.91. The molecule has 0 spiro atoms. The number of nitro benzene ring substituents is 1. The Hall–Kier alpha value is -3.92. The number of aromatic carboxylic acids is 1. The second-order valence-corrected chi connectivity index (χ2v) is 7.70. The minimum atomic E-state index is -1.17. The zero-order valence-electron chi connectivity index (χ0n) is 17.3. The molecule has 0 aliphatic carbocycles. The number of carboxylic acids is 1. The molecule has 164 valence electrons. The number of rotatable bonds is 6. The summed E-state index contributed by atoms with van der Waals surface area (Å²) in [5, 5.41) is 32.6. The number of hydrogen-bond donors (Lipinski definition) is 2. The molecule has 3 aromatic rings. The van der Waals surface area contributed by atoms with E-state index < -0.39 is 22.9 Å². The lowest BCUT2D eigenvalue weighted by Crippen LogP contribution is -2.46. The van der Waals surface area contributed by atoms with Crippen LogP contribution < -0.4 is 5.32 Å². The van der Waals surface area contributed by atoms with Crippen LogP contribution in [0, 0.1) is 17.0 Å². The lowest BCUT2D eigenvalue weighted by molar-refractivity contribution is -0.385. The first-order valence-corrected chi connectivity index (χ1v) is 10.1. The average Bonchev–Trinajstić information content (AvgIpc) is 3.33. The Morgan fingerprint density at radius 2 is 1.97 bits per heavy atom. The van der Waals surface area contributed by atoms with Gasteiger partial charge in [-0.05, 0) is 49.6 Å². The minimum Gasteiger partial charge on any atom is -0.478 e. The summed E-state index contributed by atoms with van der Waals surface area (Å²) < 4.78 is 0. The summed E-state index contributed by atoms with van der Waals surface area (Å²) in [5.41, 5.74) is 1.46. The van der Waals surface area contributed by atoms with Gasteiger partial charge in [-0.2, -0.15) is 15.0 Å². The molecule has 2 atom stereocenters. The zero-order chi connectivity index (χ0) is 22.8. The largest absolute Gasteiger partial charge is 0.478 e. The van der Waals surface area contributed by atoms with Gasteiger partial charge in [0.25, 0.3) is 5.69 Å². The maximum atomic E-state index is 13.5. The van der Waals surface area contributed by atoms with Crippen molar-refractivity contribution in [3.05, 3.63) is 81.2 Å². The van der Waals surface area contributed by atoms with Gasteiger partial charge in [0, 0.05) is 23.6 Å². The number of ketones is 1. The van der Waals surface area contributed by atoms with Gasteiger partial charge in [0.15, 0.2) is 5.78 Å². The first-order valence-electron chi connectivity index (χ1n) is 10.1. The molecule has 10 nitrogen and oxygen atoms in total. The molecule has 0 saturated carbocycles. The summed E-state index contributed by atoms with van der Waals surface area (Å²) in [6, 6.07) is 8.67. The quantitative estimate of drug-likeness (QED) is 0.342. The molecule has 1 aliphatic heterocycles. The highest BCUT2D eigenvalue weighted by Gasteiger charge is 2.36. The Balaban J connectivity index is 1.76. The number of piperidine rings is 1. The Kier molecular flexibility index (Phi) is 5.78. The summed E-state index contributed by atoms with van der Waals surface area (Å²) >= 11 is 0. The van der Waals surface area contributed by atoms with Crippen molar-refractivity contribution in [2.24, 2.45) is 0 Å². The van der Waals surface area contributed by atoms with Crippen LogP contribution in [0.2, 0.25) is 0 Å². The Morgan fingerprint density at radius 3 is 2.66 bits per heavy atom. The smallest absolute Gasteiger partial charge is 0.336 e. The number of aryl methyl sites for hydroxylation is 1. The third-order valence-electron chi connectivity index (χ3n) is 5.70. The number of nitrogens with zero attached hydrogens (tertiary/aromatic N) is 4. The molecule has 32 heavy (non-hydrogen) atoms. The summed E-state index contributed by atoms with van der Waals surface area (Å²) in [4.78, 5) is 37.8. The van der Waals surface area contributed by atoms with Crippen molar-refractivity contribution in [2.45, 2.75) is 31.7 Å². The number of carbonyl (C=O) groups is 2. The average molecular weight is 435 g/mol. The van der Waals surface area contributed by atoms with E-state index >= 15 is 0 Å². The predicted molar refractivity (Wildman–Crippen MR) is 114 cm³/mol. The fraction of sp³-hybridized carbons (Fsp3) is 0.273.